The van der Waals surface area contributed by atoms with Crippen molar-refractivity contribution in [1.29, 1.82) is 0 Å². The smallest absolute Gasteiger partial charge is 0.407 e. The highest BCUT2D eigenvalue weighted by Gasteiger charge is 2.38. The zero-order chi connectivity index (χ0) is 36.5. The van der Waals surface area contributed by atoms with Crippen LogP contribution in [0.25, 0.3) is 0 Å². The van der Waals surface area contributed by atoms with Crippen LogP contribution in [0.4, 0.5) is 9.59 Å². The number of imidazole rings is 2. The Hall–Kier alpha value is -6.54. The summed E-state index contributed by atoms with van der Waals surface area (Å²) in [4.78, 5) is 70.5. The number of alkyl carbamates (subject to hydrolysis) is 2. The topological polar surface area (TPSA) is 175 Å². The Labute approximate surface area is 300 Å². The van der Waals surface area contributed by atoms with E-state index in [4.69, 9.17) is 9.47 Å². The van der Waals surface area contributed by atoms with Crippen LogP contribution in [0.15, 0.2) is 73.1 Å². The van der Waals surface area contributed by atoms with E-state index in [0.29, 0.717) is 60.1 Å². The lowest BCUT2D eigenvalue weighted by atomic mass is 10.1. The fourth-order valence-electron chi connectivity index (χ4n) is 6.52. The van der Waals surface area contributed by atoms with Crippen LogP contribution in [0.1, 0.15) is 84.0 Å². The summed E-state index contributed by atoms with van der Waals surface area (Å²) in [7, 11) is 2.51. The quantitative estimate of drug-likeness (QED) is 0.199. The van der Waals surface area contributed by atoms with Gasteiger partial charge in [-0.1, -0.05) is 60.7 Å². The van der Waals surface area contributed by atoms with Crippen molar-refractivity contribution in [2.45, 2.75) is 49.9 Å². The number of ether oxygens (including phenoxy) is 2. The second-order valence-corrected chi connectivity index (χ2v) is 12.2. The molecule has 0 radical (unpaired) electrons. The standard InChI is InChI=1S/C38H38N8O6/c1-51-37(49)43-31(25-13-5-3-6-14-25)35(47)45-21-11-19-29(45)33-39-23-27(41-33)17-9-10-18-28-24-40-34(42-28)30-20-12-22-46(30)36(48)32(44-38(50)52-2)26-15-7-4-8-16-26/h3-8,13-16,23-24,29-32H,11-12,19-22H2,1-2H3,(H,39,41)(H,40,42)(H,43,49)(H,44,50)/t29-,30-,31+,32?/m0/s1. The van der Waals surface area contributed by atoms with Gasteiger partial charge in [0.05, 0.1) is 38.7 Å². The first-order chi connectivity index (χ1) is 25.4. The average Bonchev–Trinajstić information content (AvgIpc) is 4.02. The lowest BCUT2D eigenvalue weighted by Gasteiger charge is -2.28. The van der Waals surface area contributed by atoms with Crippen LogP contribution >= 0.6 is 0 Å². The number of hydrogen-bond donors (Lipinski definition) is 4. The number of aromatic amines is 2. The minimum atomic E-state index is -0.909. The molecule has 4 heterocycles. The maximum Gasteiger partial charge on any atom is 0.407 e. The molecule has 2 saturated heterocycles. The first-order valence-electron chi connectivity index (χ1n) is 16.9. The summed E-state index contributed by atoms with van der Waals surface area (Å²) in [5.74, 6) is 12.3. The molecule has 266 valence electrons. The molecule has 2 aliphatic heterocycles. The number of amides is 4. The zero-order valence-electron chi connectivity index (χ0n) is 28.7. The summed E-state index contributed by atoms with van der Waals surface area (Å²) in [5, 5.41) is 5.33. The molecule has 0 saturated carbocycles. The predicted octanol–water partition coefficient (Wildman–Crippen LogP) is 4.06. The number of methoxy groups -OCH3 is 2. The summed E-state index contributed by atoms with van der Waals surface area (Å²) in [5.41, 5.74) is 2.37. The van der Waals surface area contributed by atoms with Crippen LogP contribution < -0.4 is 10.6 Å². The van der Waals surface area contributed by atoms with Crippen LogP contribution in [0.3, 0.4) is 0 Å². The molecule has 2 aliphatic rings. The first kappa shape index (κ1) is 35.3. The van der Waals surface area contributed by atoms with Gasteiger partial charge < -0.3 is 39.9 Å². The highest BCUT2D eigenvalue weighted by atomic mass is 16.5. The van der Waals surface area contributed by atoms with E-state index in [-0.39, 0.29) is 23.9 Å². The number of hydrogen-bond acceptors (Lipinski definition) is 8. The van der Waals surface area contributed by atoms with Gasteiger partial charge in [-0.25, -0.2) is 19.6 Å². The van der Waals surface area contributed by atoms with Gasteiger partial charge in [-0.15, -0.1) is 0 Å². The van der Waals surface area contributed by atoms with Crippen molar-refractivity contribution in [2.24, 2.45) is 0 Å². The summed E-state index contributed by atoms with van der Waals surface area (Å²) in [6.45, 7) is 1.03. The Bertz CT molecular complexity index is 1880. The van der Waals surface area contributed by atoms with Crippen molar-refractivity contribution in [1.82, 2.24) is 40.4 Å². The third-order valence-corrected chi connectivity index (χ3v) is 9.01. The largest absolute Gasteiger partial charge is 0.453 e. The van der Waals surface area contributed by atoms with Gasteiger partial charge in [-0.05, 0) is 60.5 Å². The number of benzene rings is 2. The highest BCUT2D eigenvalue weighted by Crippen LogP contribution is 2.34. The number of nitrogens with zero attached hydrogens (tertiary/aromatic N) is 4. The maximum atomic E-state index is 13.7. The molecular formula is C38H38N8O6. The van der Waals surface area contributed by atoms with Crippen molar-refractivity contribution in [3.8, 4) is 23.7 Å². The predicted molar refractivity (Wildman–Crippen MR) is 188 cm³/mol. The van der Waals surface area contributed by atoms with E-state index < -0.39 is 24.3 Å². The molecule has 14 nitrogen and oxygen atoms in total. The molecule has 2 aromatic carbocycles. The number of carbonyl (C=O) groups is 4. The fraction of sp³-hybridized carbons (Fsp3) is 0.316. The molecule has 2 aromatic heterocycles. The molecule has 4 aromatic rings. The summed E-state index contributed by atoms with van der Waals surface area (Å²) >= 11 is 0. The van der Waals surface area contributed by atoms with Gasteiger partial charge >= 0.3 is 12.2 Å². The van der Waals surface area contributed by atoms with Crippen molar-refractivity contribution in [2.75, 3.05) is 27.3 Å². The van der Waals surface area contributed by atoms with Gasteiger partial charge in [-0.2, -0.15) is 0 Å². The normalized spacial score (nSPS) is 17.5. The van der Waals surface area contributed by atoms with E-state index in [1.54, 1.807) is 46.5 Å². The van der Waals surface area contributed by atoms with Crippen molar-refractivity contribution in [3.63, 3.8) is 0 Å². The molecule has 52 heavy (non-hydrogen) atoms. The number of carbonyl (C=O) groups excluding carboxylic acids is 4. The van der Waals surface area contributed by atoms with Crippen molar-refractivity contribution in [3.05, 3.63) is 107 Å². The van der Waals surface area contributed by atoms with Crippen molar-refractivity contribution < 1.29 is 28.7 Å². The highest BCUT2D eigenvalue weighted by molar-refractivity contribution is 5.88. The van der Waals surface area contributed by atoms with Gasteiger partial charge in [0.2, 0.25) is 0 Å². The number of aromatic nitrogens is 4. The molecule has 2 fully saturated rings. The van der Waals surface area contributed by atoms with E-state index in [1.165, 1.54) is 14.2 Å². The summed E-state index contributed by atoms with van der Waals surface area (Å²) < 4.78 is 9.55. The van der Waals surface area contributed by atoms with E-state index in [0.717, 1.165) is 12.8 Å². The van der Waals surface area contributed by atoms with E-state index in [9.17, 15) is 19.2 Å². The second-order valence-electron chi connectivity index (χ2n) is 12.2. The van der Waals surface area contributed by atoms with Gasteiger partial charge in [0.25, 0.3) is 11.8 Å². The van der Waals surface area contributed by atoms with Gasteiger partial charge in [-0.3, -0.25) is 9.59 Å². The number of rotatable bonds is 8. The van der Waals surface area contributed by atoms with Crippen LogP contribution in [0, 0.1) is 23.7 Å². The Morgan fingerprint density at radius 2 is 1.10 bits per heavy atom. The molecule has 0 spiro atoms. The molecule has 6 rings (SSSR count). The maximum absolute atomic E-state index is 13.7. The molecular weight excluding hydrogens is 664 g/mol. The Balaban J connectivity index is 1.11. The Kier molecular flexibility index (Phi) is 11.2. The second kappa shape index (κ2) is 16.4. The Morgan fingerprint density at radius 1 is 0.692 bits per heavy atom. The number of H-pyrrole nitrogens is 2. The van der Waals surface area contributed by atoms with E-state index in [2.05, 4.69) is 54.3 Å². The Morgan fingerprint density at radius 3 is 1.48 bits per heavy atom. The summed E-state index contributed by atoms with van der Waals surface area (Å²) in [6.07, 6.45) is 4.77. The van der Waals surface area contributed by atoms with Crippen LogP contribution in [-0.2, 0) is 19.1 Å². The number of likely N-dealkylation sites (tertiary alicyclic amines) is 2. The van der Waals surface area contributed by atoms with E-state index in [1.807, 2.05) is 36.4 Å². The third kappa shape index (κ3) is 8.08. The van der Waals surface area contributed by atoms with Crippen molar-refractivity contribution >= 4 is 24.0 Å². The van der Waals surface area contributed by atoms with Gasteiger partial charge in [0.15, 0.2) is 0 Å². The zero-order valence-corrected chi connectivity index (χ0v) is 28.7. The lowest BCUT2D eigenvalue weighted by molar-refractivity contribution is -0.135. The van der Waals surface area contributed by atoms with E-state index >= 15 is 0 Å². The fourth-order valence-corrected chi connectivity index (χ4v) is 6.52. The molecule has 1 unspecified atom stereocenters. The SMILES string of the molecule is COC(=O)NC(C(=O)N1CCC[C@H]1c1ncc(C#CC#Cc2cnc([C@@H]3CCCN3C(=O)[C@H](NC(=O)OC)c3ccccc3)[nH]2)[nH]1)c1ccccc1. The van der Waals surface area contributed by atoms with Crippen LogP contribution in [0.5, 0.6) is 0 Å². The first-order valence-corrected chi connectivity index (χ1v) is 16.9. The number of nitrogens with one attached hydrogen (secondary N) is 4. The third-order valence-electron chi connectivity index (χ3n) is 9.01. The van der Waals surface area contributed by atoms with Crippen LogP contribution in [0.2, 0.25) is 0 Å². The lowest BCUT2D eigenvalue weighted by Crippen LogP contribution is -2.42. The molecule has 4 amide bonds. The molecule has 0 bridgehead atoms. The molecule has 4 N–H and O–H groups in total. The summed E-state index contributed by atoms with van der Waals surface area (Å²) in [6, 6.07) is 15.6. The van der Waals surface area contributed by atoms with Gasteiger partial charge in [0.1, 0.15) is 35.1 Å². The molecule has 4 atom stereocenters. The van der Waals surface area contributed by atoms with Gasteiger partial charge in [0, 0.05) is 13.1 Å². The monoisotopic (exact) mass is 702 g/mol. The van der Waals surface area contributed by atoms with Crippen LogP contribution in [-0.4, -0.2) is 81.0 Å². The molecule has 0 aliphatic carbocycles. The minimum Gasteiger partial charge on any atom is -0.453 e. The average molecular weight is 703 g/mol. The minimum absolute atomic E-state index is 0.258. The molecule has 14 heteroatoms.